The Kier molecular flexibility index (Phi) is 13.3. The summed E-state index contributed by atoms with van der Waals surface area (Å²) in [7, 11) is 2.69. The summed E-state index contributed by atoms with van der Waals surface area (Å²) in [6.45, 7) is 4.20. The third kappa shape index (κ3) is 9.84. The number of hydrogen-bond donors (Lipinski definition) is 5. The van der Waals surface area contributed by atoms with Crippen molar-refractivity contribution < 1.29 is 33.9 Å². The maximum Gasteiger partial charge on any atom is 0.407 e. The Morgan fingerprint density at radius 3 is 2.88 bits per heavy atom. The fraction of sp³-hybridized carbons (Fsp3) is 0.583. The van der Waals surface area contributed by atoms with E-state index in [1.54, 1.807) is 39.2 Å². The maximum atomic E-state index is 11.9. The summed E-state index contributed by atoms with van der Waals surface area (Å²) >= 11 is 0. The van der Waals surface area contributed by atoms with E-state index in [0.717, 1.165) is 5.75 Å². The predicted octanol–water partition coefficient (Wildman–Crippen LogP) is 0.817. The van der Waals surface area contributed by atoms with E-state index in [0.29, 0.717) is 41.7 Å². The Morgan fingerprint density at radius 2 is 2.12 bits per heavy atom. The molecular weight excluding hydrogens is 559 g/mol. The van der Waals surface area contributed by atoms with Crippen LogP contribution in [-0.2, 0) is 19.0 Å². The second kappa shape index (κ2) is 16.7. The summed E-state index contributed by atoms with van der Waals surface area (Å²) in [4.78, 5) is 31.6. The van der Waals surface area contributed by atoms with Crippen molar-refractivity contribution in [3.8, 4) is 11.8 Å². The zero-order chi connectivity index (χ0) is 28.9. The molecule has 1 saturated heterocycles. The van der Waals surface area contributed by atoms with Gasteiger partial charge in [0.25, 0.3) is 0 Å². The molecule has 0 aliphatic carbocycles. The van der Waals surface area contributed by atoms with Crippen LogP contribution in [0.25, 0.3) is 11.0 Å². The topological polar surface area (TPSA) is 183 Å². The van der Waals surface area contributed by atoms with Crippen LogP contribution in [0.4, 0.5) is 10.6 Å². The molecule has 2 aromatic rings. The van der Waals surface area contributed by atoms with E-state index < -0.39 is 25.5 Å². The normalized spacial score (nSPS) is 18.4. The number of aliphatic hydroxyl groups excluding tert-OH is 1. The Balaban J connectivity index is 1.53. The Morgan fingerprint density at radius 1 is 1.32 bits per heavy atom. The number of nitrogen functional groups attached to an aromatic ring is 1. The number of alkyl carbamates (subject to hydrolysis) is 1. The molecule has 13 nitrogen and oxygen atoms in total. The molecule has 3 heterocycles. The van der Waals surface area contributed by atoms with Crippen molar-refractivity contribution in [3.05, 3.63) is 18.1 Å². The molecule has 3 atom stereocenters. The zero-order valence-corrected chi connectivity index (χ0v) is 24.1. The highest BCUT2D eigenvalue weighted by molar-refractivity contribution is 8.76. The van der Waals surface area contributed by atoms with E-state index in [2.05, 4.69) is 32.4 Å². The first-order valence-corrected chi connectivity index (χ1v) is 15.3. The molecule has 0 radical (unpaired) electrons. The van der Waals surface area contributed by atoms with Crippen LogP contribution in [-0.4, -0.2) is 100 Å². The smallest absolute Gasteiger partial charge is 0.407 e. The van der Waals surface area contributed by atoms with Crippen molar-refractivity contribution in [2.24, 2.45) is 0 Å². The summed E-state index contributed by atoms with van der Waals surface area (Å²) in [5, 5.41) is 25.0. The van der Waals surface area contributed by atoms with Crippen LogP contribution >= 0.6 is 21.6 Å². The number of carbonyl (C=O) groups excluding carboxylic acids is 2. The zero-order valence-electron chi connectivity index (χ0n) is 22.5. The average Bonchev–Trinajstić information content (AvgIpc) is 3.49. The first kappa shape index (κ1) is 32.0. The summed E-state index contributed by atoms with van der Waals surface area (Å²) < 4.78 is 18.8. The first-order chi connectivity index (χ1) is 19.3. The number of nitrogens with one attached hydrogen (secondary N) is 2. The number of fused-ring (bicyclic) bond motifs is 1. The Labute approximate surface area is 241 Å². The van der Waals surface area contributed by atoms with E-state index in [4.69, 9.17) is 25.0 Å². The van der Waals surface area contributed by atoms with E-state index in [9.17, 15) is 14.7 Å². The molecule has 218 valence electrons. The van der Waals surface area contributed by atoms with Gasteiger partial charge in [-0.3, -0.25) is 4.79 Å². The SMILES string of the molecule is CB(O)NCCSSCCOC(=O)NCC#Cc1cn([C@H]2C[C@@H](OCCC(C)=O)[C@@H](CO)O2)c2ncnc(N)c12. The van der Waals surface area contributed by atoms with Crippen molar-refractivity contribution in [2.75, 3.05) is 50.1 Å². The molecule has 6 N–H and O–H groups in total. The minimum Gasteiger partial charge on any atom is -0.449 e. The van der Waals surface area contributed by atoms with Gasteiger partial charge in [-0.25, -0.2) is 14.8 Å². The quantitative estimate of drug-likeness (QED) is 0.0846. The van der Waals surface area contributed by atoms with Gasteiger partial charge < -0.3 is 45.2 Å². The lowest BCUT2D eigenvalue weighted by Crippen LogP contribution is -2.32. The van der Waals surface area contributed by atoms with Crippen molar-refractivity contribution >= 4 is 57.4 Å². The predicted molar refractivity (Wildman–Crippen MR) is 156 cm³/mol. The van der Waals surface area contributed by atoms with Gasteiger partial charge in [-0.15, -0.1) is 0 Å². The van der Waals surface area contributed by atoms with Gasteiger partial charge in [-0.2, -0.15) is 0 Å². The standard InChI is InChI=1S/C24H35BN6O7S2/c1-16(33)5-8-36-18-12-20(38-19(18)14-32)31-13-17(21-22(26)28-15-29-23(21)31)4-3-6-27-24(34)37-9-11-40-39-10-7-30-25(2)35/h13,15,18-20,30,32,35H,5-12,14H2,1-2H3,(H,27,34)(H2,26,28,29)/t18-,19-,20-/m1/s1. The minimum atomic E-state index is -0.564. The lowest BCUT2D eigenvalue weighted by Gasteiger charge is -2.16. The monoisotopic (exact) mass is 594 g/mol. The summed E-state index contributed by atoms with van der Waals surface area (Å²) in [5.74, 6) is 7.65. The average molecular weight is 595 g/mol. The van der Waals surface area contributed by atoms with Crippen LogP contribution in [0.1, 0.15) is 31.6 Å². The van der Waals surface area contributed by atoms with Crippen LogP contribution < -0.4 is 16.3 Å². The third-order valence-electron chi connectivity index (χ3n) is 5.75. The lowest BCUT2D eigenvalue weighted by molar-refractivity contribution is -0.119. The van der Waals surface area contributed by atoms with Gasteiger partial charge in [0.2, 0.25) is 0 Å². The molecule has 1 amide bonds. The van der Waals surface area contributed by atoms with Crippen LogP contribution in [0, 0.1) is 11.8 Å². The van der Waals surface area contributed by atoms with Gasteiger partial charge in [0.1, 0.15) is 42.5 Å². The van der Waals surface area contributed by atoms with Crippen molar-refractivity contribution in [1.82, 2.24) is 25.1 Å². The largest absolute Gasteiger partial charge is 0.449 e. The molecule has 1 aliphatic heterocycles. The molecule has 16 heteroatoms. The highest BCUT2D eigenvalue weighted by Crippen LogP contribution is 2.35. The second-order valence-corrected chi connectivity index (χ2v) is 11.6. The van der Waals surface area contributed by atoms with Gasteiger partial charge >= 0.3 is 13.1 Å². The number of hydrogen-bond acceptors (Lipinski definition) is 13. The van der Waals surface area contributed by atoms with Crippen LogP contribution in [0.15, 0.2) is 12.5 Å². The van der Waals surface area contributed by atoms with Gasteiger partial charge in [0, 0.05) is 30.5 Å². The number of Topliss-reactive ketones (excluding diaryl/α,β-unsaturated/α-hetero) is 1. The number of aliphatic hydroxyl groups is 1. The molecule has 0 saturated carbocycles. The number of ketones is 1. The van der Waals surface area contributed by atoms with Crippen LogP contribution in [0.5, 0.6) is 0 Å². The number of nitrogens with zero attached hydrogens (tertiary/aromatic N) is 3. The fourth-order valence-corrected chi connectivity index (χ4v) is 5.64. The molecular formula is C24H35BN6O7S2. The van der Waals surface area contributed by atoms with Crippen LogP contribution in [0.2, 0.25) is 6.82 Å². The molecule has 0 aromatic carbocycles. The summed E-state index contributed by atoms with van der Waals surface area (Å²) in [5.41, 5.74) is 7.22. The van der Waals surface area contributed by atoms with E-state index in [1.807, 2.05) is 0 Å². The van der Waals surface area contributed by atoms with Gasteiger partial charge in [-0.05, 0) is 20.3 Å². The van der Waals surface area contributed by atoms with E-state index in [-0.39, 0.29) is 44.1 Å². The van der Waals surface area contributed by atoms with Gasteiger partial charge in [0.05, 0.1) is 36.8 Å². The number of ether oxygens (including phenoxy) is 3. The summed E-state index contributed by atoms with van der Waals surface area (Å²) in [6, 6.07) is 0. The molecule has 0 bridgehead atoms. The van der Waals surface area contributed by atoms with Crippen molar-refractivity contribution in [1.29, 1.82) is 0 Å². The second-order valence-electron chi connectivity index (χ2n) is 8.88. The van der Waals surface area contributed by atoms with Crippen molar-refractivity contribution in [2.45, 2.75) is 45.0 Å². The number of aromatic nitrogens is 3. The van der Waals surface area contributed by atoms with Crippen LogP contribution in [0.3, 0.4) is 0 Å². The Hall–Kier alpha value is -2.52. The van der Waals surface area contributed by atoms with Gasteiger partial charge in [0.15, 0.2) is 0 Å². The number of carbonyl (C=O) groups is 2. The third-order valence-corrected chi connectivity index (χ3v) is 8.12. The summed E-state index contributed by atoms with van der Waals surface area (Å²) in [6.07, 6.45) is 1.83. The first-order valence-electron chi connectivity index (χ1n) is 12.8. The highest BCUT2D eigenvalue weighted by atomic mass is 33.1. The molecule has 1 fully saturated rings. The molecule has 1 aliphatic rings. The van der Waals surface area contributed by atoms with Gasteiger partial charge in [-0.1, -0.05) is 33.4 Å². The molecule has 3 rings (SSSR count). The molecule has 40 heavy (non-hydrogen) atoms. The van der Waals surface area contributed by atoms with E-state index >= 15 is 0 Å². The van der Waals surface area contributed by atoms with E-state index in [1.165, 1.54) is 13.3 Å². The molecule has 0 spiro atoms. The van der Waals surface area contributed by atoms with Crippen molar-refractivity contribution in [3.63, 3.8) is 0 Å². The fourth-order valence-electron chi connectivity index (χ4n) is 3.89. The highest BCUT2D eigenvalue weighted by Gasteiger charge is 2.37. The number of rotatable bonds is 15. The number of anilines is 1. The lowest BCUT2D eigenvalue weighted by atomic mass is 9.89. The Bertz CT molecular complexity index is 1190. The molecule has 2 aromatic heterocycles. The number of nitrogens with two attached hydrogens (primary N) is 1. The number of amides is 1. The molecule has 0 unspecified atom stereocenters. The maximum absolute atomic E-state index is 11.9. The minimum absolute atomic E-state index is 0.0256.